The van der Waals surface area contributed by atoms with Gasteiger partial charge in [0.25, 0.3) is 5.91 Å². The van der Waals surface area contributed by atoms with Crippen LogP contribution in [-0.4, -0.2) is 64.2 Å². The minimum atomic E-state index is -0.0603. The van der Waals surface area contributed by atoms with E-state index in [9.17, 15) is 4.79 Å². The van der Waals surface area contributed by atoms with Crippen LogP contribution in [0, 0.1) is 0 Å². The number of furan rings is 1. The summed E-state index contributed by atoms with van der Waals surface area (Å²) in [6, 6.07) is 13.5. The maximum absolute atomic E-state index is 12.5. The van der Waals surface area contributed by atoms with E-state index in [-0.39, 0.29) is 29.9 Å². The molecule has 9 heteroatoms. The highest BCUT2D eigenvalue weighted by Crippen LogP contribution is 2.11. The SMILES string of the molecule is CCNC(=NCc1cnn(-c2ccccc2)c1)N1CCN(C(=O)c2ccco2)CC1.I. The minimum absolute atomic E-state index is 0. The second-order valence-corrected chi connectivity index (χ2v) is 7.06. The zero-order valence-corrected chi connectivity index (χ0v) is 19.8. The van der Waals surface area contributed by atoms with Crippen molar-refractivity contribution in [2.24, 2.45) is 4.99 Å². The van der Waals surface area contributed by atoms with E-state index in [0.29, 0.717) is 25.4 Å². The Hall–Kier alpha value is -2.82. The van der Waals surface area contributed by atoms with Gasteiger partial charge in [-0.3, -0.25) is 4.79 Å². The predicted octanol–water partition coefficient (Wildman–Crippen LogP) is 3.01. The molecule has 1 aliphatic rings. The standard InChI is InChI=1S/C22H26N6O2.HI/c1-2-23-22(24-15-18-16-25-28(17-18)19-7-4-3-5-8-19)27-12-10-26(11-13-27)21(29)20-9-6-14-30-20;/h3-9,14,16-17H,2,10-13,15H2,1H3,(H,23,24);1H. The topological polar surface area (TPSA) is 78.9 Å². The van der Waals surface area contributed by atoms with Gasteiger partial charge in [-0.2, -0.15) is 5.10 Å². The third-order valence-electron chi connectivity index (χ3n) is 5.00. The Balaban J connectivity index is 0.00000272. The number of guanidine groups is 1. The fraction of sp³-hybridized carbons (Fsp3) is 0.318. The van der Waals surface area contributed by atoms with Crippen LogP contribution in [0.3, 0.4) is 0 Å². The summed E-state index contributed by atoms with van der Waals surface area (Å²) in [5, 5.41) is 7.80. The average molecular weight is 534 g/mol. The lowest BCUT2D eigenvalue weighted by atomic mass is 10.3. The lowest BCUT2D eigenvalue weighted by Gasteiger charge is -2.36. The van der Waals surface area contributed by atoms with Crippen molar-refractivity contribution < 1.29 is 9.21 Å². The molecule has 164 valence electrons. The molecule has 3 aromatic rings. The quantitative estimate of drug-likeness (QED) is 0.310. The van der Waals surface area contributed by atoms with E-state index in [1.807, 2.05) is 52.3 Å². The molecule has 1 N–H and O–H groups in total. The number of para-hydroxylation sites is 1. The lowest BCUT2D eigenvalue weighted by Crippen LogP contribution is -2.53. The van der Waals surface area contributed by atoms with Gasteiger partial charge >= 0.3 is 0 Å². The molecule has 3 heterocycles. The Morgan fingerprint density at radius 3 is 2.52 bits per heavy atom. The van der Waals surface area contributed by atoms with E-state index in [1.54, 1.807) is 12.1 Å². The Labute approximate surface area is 198 Å². The summed E-state index contributed by atoms with van der Waals surface area (Å²) >= 11 is 0. The van der Waals surface area contributed by atoms with Gasteiger partial charge in [0, 0.05) is 44.5 Å². The zero-order chi connectivity index (χ0) is 20.8. The molecule has 1 fully saturated rings. The number of aliphatic imine (C=N–C) groups is 1. The maximum Gasteiger partial charge on any atom is 0.289 e. The molecule has 1 saturated heterocycles. The van der Waals surface area contributed by atoms with Gasteiger partial charge in [0.1, 0.15) is 0 Å². The van der Waals surface area contributed by atoms with E-state index < -0.39 is 0 Å². The number of nitrogens with one attached hydrogen (secondary N) is 1. The summed E-state index contributed by atoms with van der Waals surface area (Å²) in [7, 11) is 0. The molecule has 0 aliphatic carbocycles. The van der Waals surface area contributed by atoms with Crippen LogP contribution in [0.5, 0.6) is 0 Å². The van der Waals surface area contributed by atoms with Crippen molar-refractivity contribution in [3.63, 3.8) is 0 Å². The number of rotatable bonds is 5. The molecule has 8 nitrogen and oxygen atoms in total. The van der Waals surface area contributed by atoms with Gasteiger partial charge in [-0.25, -0.2) is 9.67 Å². The molecule has 0 saturated carbocycles. The molecular weight excluding hydrogens is 507 g/mol. The number of benzene rings is 1. The monoisotopic (exact) mass is 534 g/mol. The van der Waals surface area contributed by atoms with Crippen LogP contribution in [0.15, 0.2) is 70.5 Å². The van der Waals surface area contributed by atoms with E-state index in [1.165, 1.54) is 6.26 Å². The van der Waals surface area contributed by atoms with Gasteiger partial charge in [-0.05, 0) is 31.2 Å². The van der Waals surface area contributed by atoms with Gasteiger partial charge in [0.2, 0.25) is 0 Å². The maximum atomic E-state index is 12.5. The van der Waals surface area contributed by atoms with Crippen molar-refractivity contribution in [3.05, 3.63) is 72.4 Å². The van der Waals surface area contributed by atoms with Crippen LogP contribution in [0.25, 0.3) is 5.69 Å². The average Bonchev–Trinajstić information content (AvgIpc) is 3.49. The largest absolute Gasteiger partial charge is 0.459 e. The number of carbonyl (C=O) groups is 1. The van der Waals surface area contributed by atoms with Crippen LogP contribution in [0.4, 0.5) is 0 Å². The number of halogens is 1. The molecule has 4 rings (SSSR count). The molecule has 1 aromatic carbocycles. The number of amides is 1. The van der Waals surface area contributed by atoms with E-state index in [0.717, 1.165) is 36.8 Å². The Kier molecular flexibility index (Phi) is 8.10. The highest BCUT2D eigenvalue weighted by atomic mass is 127. The molecule has 0 bridgehead atoms. The summed E-state index contributed by atoms with van der Waals surface area (Å²) in [5.41, 5.74) is 2.07. The fourth-order valence-electron chi connectivity index (χ4n) is 3.43. The van der Waals surface area contributed by atoms with Crippen LogP contribution in [0.2, 0.25) is 0 Å². The normalized spacial score (nSPS) is 14.3. The summed E-state index contributed by atoms with van der Waals surface area (Å²) < 4.78 is 7.09. The van der Waals surface area contributed by atoms with Gasteiger partial charge in [-0.15, -0.1) is 24.0 Å². The molecular formula is C22H27IN6O2. The highest BCUT2D eigenvalue weighted by molar-refractivity contribution is 14.0. The van der Waals surface area contributed by atoms with Crippen molar-refractivity contribution in [2.75, 3.05) is 32.7 Å². The summed E-state index contributed by atoms with van der Waals surface area (Å²) in [5.74, 6) is 1.18. The van der Waals surface area contributed by atoms with E-state index >= 15 is 0 Å². The van der Waals surface area contributed by atoms with Crippen molar-refractivity contribution in [2.45, 2.75) is 13.5 Å². The Morgan fingerprint density at radius 1 is 1.10 bits per heavy atom. The molecule has 0 spiro atoms. The Morgan fingerprint density at radius 2 is 1.84 bits per heavy atom. The zero-order valence-electron chi connectivity index (χ0n) is 17.5. The number of hydrogen-bond acceptors (Lipinski definition) is 4. The first-order chi connectivity index (χ1) is 14.7. The molecule has 2 aromatic heterocycles. The van der Waals surface area contributed by atoms with E-state index in [4.69, 9.17) is 9.41 Å². The number of nitrogens with zero attached hydrogens (tertiary/aromatic N) is 5. The molecule has 1 aliphatic heterocycles. The summed E-state index contributed by atoms with van der Waals surface area (Å²) in [6.45, 7) is 6.10. The van der Waals surface area contributed by atoms with Crippen LogP contribution < -0.4 is 5.32 Å². The second-order valence-electron chi connectivity index (χ2n) is 7.06. The first-order valence-electron chi connectivity index (χ1n) is 10.2. The Bertz CT molecular complexity index is 979. The lowest BCUT2D eigenvalue weighted by molar-refractivity contribution is 0.0657. The van der Waals surface area contributed by atoms with Gasteiger partial charge in [0.05, 0.1) is 24.7 Å². The number of aromatic nitrogens is 2. The number of hydrogen-bond donors (Lipinski definition) is 1. The van der Waals surface area contributed by atoms with Crippen molar-refractivity contribution in [3.8, 4) is 5.69 Å². The highest BCUT2D eigenvalue weighted by Gasteiger charge is 2.25. The molecule has 1 amide bonds. The fourth-order valence-corrected chi connectivity index (χ4v) is 3.43. The summed E-state index contributed by atoms with van der Waals surface area (Å²) in [4.78, 5) is 21.3. The molecule has 0 unspecified atom stereocenters. The van der Waals surface area contributed by atoms with Crippen LogP contribution in [-0.2, 0) is 6.54 Å². The predicted molar refractivity (Wildman–Crippen MR) is 130 cm³/mol. The second kappa shape index (κ2) is 11.0. The van der Waals surface area contributed by atoms with Gasteiger partial charge < -0.3 is 19.5 Å². The van der Waals surface area contributed by atoms with Crippen molar-refractivity contribution >= 4 is 35.8 Å². The smallest absolute Gasteiger partial charge is 0.289 e. The first-order valence-corrected chi connectivity index (χ1v) is 10.2. The van der Waals surface area contributed by atoms with Crippen molar-refractivity contribution in [1.82, 2.24) is 24.9 Å². The third-order valence-corrected chi connectivity index (χ3v) is 5.00. The van der Waals surface area contributed by atoms with E-state index in [2.05, 4.69) is 22.2 Å². The third kappa shape index (κ3) is 5.66. The number of carbonyl (C=O) groups excluding carboxylic acids is 1. The minimum Gasteiger partial charge on any atom is -0.459 e. The van der Waals surface area contributed by atoms with Crippen LogP contribution in [0.1, 0.15) is 23.0 Å². The van der Waals surface area contributed by atoms with Gasteiger partial charge in [0.15, 0.2) is 11.7 Å². The summed E-state index contributed by atoms with van der Waals surface area (Å²) in [6.07, 6.45) is 5.38. The molecule has 0 atom stereocenters. The van der Waals surface area contributed by atoms with Gasteiger partial charge in [-0.1, -0.05) is 18.2 Å². The number of piperazine rings is 1. The van der Waals surface area contributed by atoms with Crippen LogP contribution >= 0.6 is 24.0 Å². The van der Waals surface area contributed by atoms with Crippen molar-refractivity contribution in [1.29, 1.82) is 0 Å². The molecule has 0 radical (unpaired) electrons. The first kappa shape index (κ1) is 22.9. The molecule has 31 heavy (non-hydrogen) atoms.